The van der Waals surface area contributed by atoms with E-state index in [0.717, 1.165) is 20.8 Å². The van der Waals surface area contributed by atoms with Gasteiger partial charge in [0.15, 0.2) is 11.9 Å². The van der Waals surface area contributed by atoms with Crippen LogP contribution in [0.4, 0.5) is 5.69 Å². The smallest absolute Gasteiger partial charge is 0.329 e. The van der Waals surface area contributed by atoms with Crippen molar-refractivity contribution in [1.29, 1.82) is 0 Å². The van der Waals surface area contributed by atoms with Crippen LogP contribution in [-0.2, 0) is 14.3 Å². The molecule has 2 atom stereocenters. The quantitative estimate of drug-likeness (QED) is 0.378. The average Bonchev–Trinajstić information content (AvgIpc) is 3.49. The van der Waals surface area contributed by atoms with Gasteiger partial charge in [0.1, 0.15) is 11.0 Å². The average molecular weight is 478 g/mol. The van der Waals surface area contributed by atoms with Crippen LogP contribution in [0.25, 0.3) is 20.8 Å². The SMILES string of the molecule is Cc1ccc2nc(-c3ccc(NC(=O)C(C)OC(=O)C(C)NC(=O)c4ccco4)cc3)sc2c1. The molecular formula is C25H23N3O5S. The molecule has 8 nitrogen and oxygen atoms in total. The van der Waals surface area contributed by atoms with Gasteiger partial charge in [-0.1, -0.05) is 6.07 Å². The van der Waals surface area contributed by atoms with Crippen molar-refractivity contribution in [3.63, 3.8) is 0 Å². The Morgan fingerprint density at radius 2 is 1.82 bits per heavy atom. The minimum absolute atomic E-state index is 0.0786. The number of anilines is 1. The molecule has 0 saturated heterocycles. The number of hydrogen-bond acceptors (Lipinski definition) is 7. The van der Waals surface area contributed by atoms with Crippen molar-refractivity contribution in [1.82, 2.24) is 10.3 Å². The van der Waals surface area contributed by atoms with Gasteiger partial charge in [-0.3, -0.25) is 9.59 Å². The fourth-order valence-electron chi connectivity index (χ4n) is 3.16. The van der Waals surface area contributed by atoms with Crippen LogP contribution in [0, 0.1) is 6.92 Å². The van der Waals surface area contributed by atoms with E-state index in [4.69, 9.17) is 9.15 Å². The first kappa shape index (κ1) is 23.2. The van der Waals surface area contributed by atoms with E-state index < -0.39 is 29.9 Å². The molecule has 0 fully saturated rings. The van der Waals surface area contributed by atoms with Gasteiger partial charge >= 0.3 is 5.97 Å². The van der Waals surface area contributed by atoms with Gasteiger partial charge in [0.05, 0.1) is 16.5 Å². The summed E-state index contributed by atoms with van der Waals surface area (Å²) in [6.45, 7) is 4.98. The standard InChI is InChI=1S/C25H23N3O5S/c1-14-6-11-19-21(13-14)34-24(28-19)17-7-9-18(10-8-17)27-22(29)16(3)33-25(31)15(2)26-23(30)20-5-4-12-32-20/h4-13,15-16H,1-3H3,(H,26,30)(H,27,29). The monoisotopic (exact) mass is 477 g/mol. The fraction of sp³-hybridized carbons (Fsp3) is 0.200. The lowest BCUT2D eigenvalue weighted by molar-refractivity contribution is -0.154. The maximum absolute atomic E-state index is 12.5. The number of ether oxygens (including phenoxy) is 1. The van der Waals surface area contributed by atoms with Crippen molar-refractivity contribution in [2.75, 3.05) is 5.32 Å². The number of aryl methyl sites for hydroxylation is 1. The number of amides is 2. The molecule has 0 saturated carbocycles. The van der Waals surface area contributed by atoms with E-state index in [1.54, 1.807) is 29.5 Å². The largest absolute Gasteiger partial charge is 0.459 e. The zero-order chi connectivity index (χ0) is 24.2. The number of rotatable bonds is 7. The third kappa shape index (κ3) is 5.32. The number of benzene rings is 2. The Balaban J connectivity index is 1.32. The Morgan fingerprint density at radius 1 is 1.06 bits per heavy atom. The number of nitrogens with one attached hydrogen (secondary N) is 2. The van der Waals surface area contributed by atoms with E-state index in [2.05, 4.69) is 21.7 Å². The predicted molar refractivity (Wildman–Crippen MR) is 130 cm³/mol. The molecule has 0 aliphatic carbocycles. The van der Waals surface area contributed by atoms with E-state index in [0.29, 0.717) is 5.69 Å². The zero-order valence-corrected chi connectivity index (χ0v) is 19.6. The Labute approximate surface area is 199 Å². The summed E-state index contributed by atoms with van der Waals surface area (Å²) in [7, 11) is 0. The van der Waals surface area contributed by atoms with E-state index >= 15 is 0 Å². The van der Waals surface area contributed by atoms with Crippen LogP contribution in [0.5, 0.6) is 0 Å². The second kappa shape index (κ2) is 9.88. The number of fused-ring (bicyclic) bond motifs is 1. The number of furan rings is 1. The van der Waals surface area contributed by atoms with Crippen molar-refractivity contribution in [3.05, 3.63) is 72.2 Å². The van der Waals surface area contributed by atoms with Gasteiger partial charge in [-0.15, -0.1) is 11.3 Å². The molecule has 2 amide bonds. The summed E-state index contributed by atoms with van der Waals surface area (Å²) in [4.78, 5) is 41.4. The first-order chi connectivity index (χ1) is 16.3. The van der Waals surface area contributed by atoms with E-state index in [1.165, 1.54) is 31.7 Å². The Kier molecular flexibility index (Phi) is 6.74. The lowest BCUT2D eigenvalue weighted by atomic mass is 10.2. The molecule has 2 unspecified atom stereocenters. The molecule has 0 aliphatic heterocycles. The van der Waals surface area contributed by atoms with Crippen molar-refractivity contribution in [3.8, 4) is 10.6 Å². The predicted octanol–water partition coefficient (Wildman–Crippen LogP) is 4.55. The zero-order valence-electron chi connectivity index (χ0n) is 18.8. The number of aromatic nitrogens is 1. The van der Waals surface area contributed by atoms with Gasteiger partial charge in [-0.2, -0.15) is 0 Å². The Bertz CT molecular complexity index is 1330. The summed E-state index contributed by atoms with van der Waals surface area (Å²) in [5, 5.41) is 6.09. The molecule has 174 valence electrons. The molecular weight excluding hydrogens is 454 g/mol. The van der Waals surface area contributed by atoms with Gasteiger partial charge in [0.2, 0.25) is 0 Å². The molecule has 2 aromatic carbocycles. The molecule has 4 rings (SSSR count). The van der Waals surface area contributed by atoms with Gasteiger partial charge in [0.25, 0.3) is 11.8 Å². The first-order valence-corrected chi connectivity index (χ1v) is 11.4. The van der Waals surface area contributed by atoms with Crippen molar-refractivity contribution < 1.29 is 23.5 Å². The molecule has 0 aliphatic rings. The van der Waals surface area contributed by atoms with Crippen LogP contribution < -0.4 is 10.6 Å². The normalized spacial score (nSPS) is 12.7. The highest BCUT2D eigenvalue weighted by Gasteiger charge is 2.24. The van der Waals surface area contributed by atoms with Gasteiger partial charge in [0, 0.05) is 11.3 Å². The number of esters is 1. The van der Waals surface area contributed by atoms with Crippen molar-refractivity contribution >= 4 is 45.0 Å². The Hall–Kier alpha value is -3.98. The summed E-state index contributed by atoms with van der Waals surface area (Å²) in [5.74, 6) is -1.69. The topological polar surface area (TPSA) is 111 Å². The molecule has 2 heterocycles. The maximum Gasteiger partial charge on any atom is 0.329 e. The number of carbonyl (C=O) groups excluding carboxylic acids is 3. The van der Waals surface area contributed by atoms with Crippen LogP contribution in [0.3, 0.4) is 0 Å². The van der Waals surface area contributed by atoms with Crippen LogP contribution in [-0.4, -0.2) is 34.9 Å². The Morgan fingerprint density at radius 3 is 2.53 bits per heavy atom. The van der Waals surface area contributed by atoms with Gasteiger partial charge in [-0.25, -0.2) is 9.78 Å². The summed E-state index contributed by atoms with van der Waals surface area (Å²) in [6.07, 6.45) is 0.305. The second-order valence-electron chi connectivity index (χ2n) is 7.81. The van der Waals surface area contributed by atoms with Crippen LogP contribution in [0.15, 0.2) is 65.3 Å². The van der Waals surface area contributed by atoms with Crippen LogP contribution >= 0.6 is 11.3 Å². The summed E-state index contributed by atoms with van der Waals surface area (Å²) in [5.41, 5.74) is 3.64. The maximum atomic E-state index is 12.5. The molecule has 9 heteroatoms. The third-order valence-corrected chi connectivity index (χ3v) is 6.12. The molecule has 2 aromatic heterocycles. The second-order valence-corrected chi connectivity index (χ2v) is 8.84. The molecule has 2 N–H and O–H groups in total. The highest BCUT2D eigenvalue weighted by Crippen LogP contribution is 2.31. The van der Waals surface area contributed by atoms with Gasteiger partial charge in [-0.05, 0) is 74.9 Å². The lowest BCUT2D eigenvalue weighted by Crippen LogP contribution is -2.42. The third-order valence-electron chi connectivity index (χ3n) is 5.05. The number of thiazole rings is 1. The lowest BCUT2D eigenvalue weighted by Gasteiger charge is -2.17. The summed E-state index contributed by atoms with van der Waals surface area (Å²) in [6, 6.07) is 15.5. The first-order valence-electron chi connectivity index (χ1n) is 10.6. The van der Waals surface area contributed by atoms with Crippen molar-refractivity contribution in [2.24, 2.45) is 0 Å². The molecule has 0 spiro atoms. The highest BCUT2D eigenvalue weighted by molar-refractivity contribution is 7.21. The molecule has 0 bridgehead atoms. The highest BCUT2D eigenvalue weighted by atomic mass is 32.1. The van der Waals surface area contributed by atoms with Crippen molar-refractivity contribution in [2.45, 2.75) is 32.9 Å². The number of carbonyl (C=O) groups is 3. The molecule has 0 radical (unpaired) electrons. The minimum Gasteiger partial charge on any atom is -0.459 e. The summed E-state index contributed by atoms with van der Waals surface area (Å²) < 4.78 is 11.3. The van der Waals surface area contributed by atoms with E-state index in [9.17, 15) is 14.4 Å². The molecule has 4 aromatic rings. The van der Waals surface area contributed by atoms with E-state index in [1.807, 2.05) is 31.2 Å². The van der Waals surface area contributed by atoms with Gasteiger partial charge < -0.3 is 19.8 Å². The van der Waals surface area contributed by atoms with Crippen LogP contribution in [0.2, 0.25) is 0 Å². The molecule has 34 heavy (non-hydrogen) atoms. The number of nitrogens with zero attached hydrogens (tertiary/aromatic N) is 1. The fourth-order valence-corrected chi connectivity index (χ4v) is 4.23. The summed E-state index contributed by atoms with van der Waals surface area (Å²) >= 11 is 1.61. The van der Waals surface area contributed by atoms with E-state index in [-0.39, 0.29) is 5.76 Å². The van der Waals surface area contributed by atoms with Crippen LogP contribution in [0.1, 0.15) is 30.0 Å². The number of hydrogen-bond donors (Lipinski definition) is 2. The minimum atomic E-state index is -1.05.